The van der Waals surface area contributed by atoms with E-state index >= 15 is 0 Å². The van der Waals surface area contributed by atoms with Crippen LogP contribution in [-0.4, -0.2) is 56.2 Å². The Bertz CT molecular complexity index is 1330. The monoisotopic (exact) mass is 512 g/mol. The maximum absolute atomic E-state index is 5.99. The third-order valence-electron chi connectivity index (χ3n) is 6.39. The third kappa shape index (κ3) is 6.55. The number of piperidine rings is 1. The highest BCUT2D eigenvalue weighted by molar-refractivity contribution is 5.87. The normalized spacial score (nSPS) is 14.8. The lowest BCUT2D eigenvalue weighted by Gasteiger charge is -2.32. The van der Waals surface area contributed by atoms with Gasteiger partial charge in [-0.3, -0.25) is 4.90 Å². The van der Waals surface area contributed by atoms with Gasteiger partial charge in [0.15, 0.2) is 5.65 Å². The highest BCUT2D eigenvalue weighted by Crippen LogP contribution is 2.28. The number of hydrogen-bond acceptors (Lipinski definition) is 8. The van der Waals surface area contributed by atoms with Gasteiger partial charge in [0, 0.05) is 49.7 Å². The van der Waals surface area contributed by atoms with Crippen LogP contribution in [0.3, 0.4) is 0 Å². The summed E-state index contributed by atoms with van der Waals surface area (Å²) in [6, 6.07) is 16.6. The summed E-state index contributed by atoms with van der Waals surface area (Å²) < 4.78 is 12.0. The number of nitrogens with one attached hydrogen (secondary N) is 1. The Morgan fingerprint density at radius 1 is 0.868 bits per heavy atom. The number of nitrogens with zero attached hydrogens (tertiary/aromatic N) is 5. The smallest absolute Gasteiger partial charge is 0.225 e. The van der Waals surface area contributed by atoms with E-state index in [0.29, 0.717) is 23.2 Å². The maximum Gasteiger partial charge on any atom is 0.225 e. The molecule has 0 atom stereocenters. The summed E-state index contributed by atoms with van der Waals surface area (Å²) in [6.45, 7) is 11.0. The molecule has 38 heavy (non-hydrogen) atoms. The van der Waals surface area contributed by atoms with Gasteiger partial charge < -0.3 is 14.8 Å². The van der Waals surface area contributed by atoms with E-state index in [4.69, 9.17) is 14.5 Å². The Labute approximate surface area is 224 Å². The van der Waals surface area contributed by atoms with Crippen molar-refractivity contribution in [2.45, 2.75) is 65.3 Å². The molecule has 5 rings (SSSR count). The second-order valence-electron chi connectivity index (χ2n) is 10.3. The fourth-order valence-corrected chi connectivity index (χ4v) is 4.80. The Balaban J connectivity index is 1.26. The number of rotatable bonds is 9. The van der Waals surface area contributed by atoms with Gasteiger partial charge in [0.25, 0.3) is 0 Å². The van der Waals surface area contributed by atoms with Crippen LogP contribution in [-0.2, 0) is 6.54 Å². The molecule has 2 aromatic carbocycles. The van der Waals surface area contributed by atoms with E-state index in [1.165, 1.54) is 5.56 Å². The van der Waals surface area contributed by atoms with E-state index in [2.05, 4.69) is 37.3 Å². The lowest BCUT2D eigenvalue weighted by atomic mass is 10.0. The summed E-state index contributed by atoms with van der Waals surface area (Å²) in [6.07, 6.45) is 5.59. The Morgan fingerprint density at radius 3 is 2.18 bits per heavy atom. The first-order valence-electron chi connectivity index (χ1n) is 13.4. The molecular formula is C30H36N6O2. The van der Waals surface area contributed by atoms with Crippen LogP contribution in [0, 0.1) is 0 Å². The molecule has 0 unspecified atom stereocenters. The van der Waals surface area contributed by atoms with Gasteiger partial charge in [-0.25, -0.2) is 15.0 Å². The van der Waals surface area contributed by atoms with Gasteiger partial charge in [-0.1, -0.05) is 30.3 Å². The number of hydrogen-bond donors (Lipinski definition) is 1. The van der Waals surface area contributed by atoms with Crippen LogP contribution in [0.5, 0.6) is 11.5 Å². The second-order valence-corrected chi connectivity index (χ2v) is 10.3. The molecule has 4 aromatic rings. The zero-order chi connectivity index (χ0) is 26.5. The lowest BCUT2D eigenvalue weighted by molar-refractivity contribution is 0.207. The molecule has 0 aliphatic carbocycles. The molecular weight excluding hydrogens is 476 g/mol. The van der Waals surface area contributed by atoms with E-state index < -0.39 is 0 Å². The van der Waals surface area contributed by atoms with Gasteiger partial charge in [-0.05, 0) is 58.2 Å². The van der Waals surface area contributed by atoms with E-state index in [-0.39, 0.29) is 12.2 Å². The largest absolute Gasteiger partial charge is 0.491 e. The highest BCUT2D eigenvalue weighted by Gasteiger charge is 2.22. The Hall–Kier alpha value is -3.78. The number of anilines is 1. The van der Waals surface area contributed by atoms with Crippen molar-refractivity contribution in [2.75, 3.05) is 18.4 Å². The molecule has 198 valence electrons. The van der Waals surface area contributed by atoms with Crippen molar-refractivity contribution in [1.82, 2.24) is 24.8 Å². The summed E-state index contributed by atoms with van der Waals surface area (Å²) in [4.78, 5) is 21.0. The van der Waals surface area contributed by atoms with Crippen molar-refractivity contribution in [3.05, 3.63) is 66.5 Å². The van der Waals surface area contributed by atoms with Crippen LogP contribution in [0.15, 0.2) is 60.9 Å². The van der Waals surface area contributed by atoms with Crippen molar-refractivity contribution >= 4 is 17.1 Å². The summed E-state index contributed by atoms with van der Waals surface area (Å²) in [5.41, 5.74) is 4.32. The van der Waals surface area contributed by atoms with Gasteiger partial charge in [0.1, 0.15) is 22.7 Å². The third-order valence-corrected chi connectivity index (χ3v) is 6.39. The minimum atomic E-state index is 0.115. The van der Waals surface area contributed by atoms with Crippen molar-refractivity contribution in [2.24, 2.45) is 0 Å². The minimum Gasteiger partial charge on any atom is -0.491 e. The van der Waals surface area contributed by atoms with Gasteiger partial charge in [0.05, 0.1) is 12.2 Å². The standard InChI is InChI=1S/C30H36N6O2/c1-20(2)37-25-16-22(17-26(18-25)38-21(3)4)19-36-14-10-24(11-15-36)33-30-34-27(23-8-6-5-7-9-23)28-29(35-30)32-13-12-31-28/h5-9,12-13,16-18,20-21,24H,10-11,14-15,19H2,1-4H3,(H,32,33,34,35). The number of aromatic nitrogens is 4. The van der Waals surface area contributed by atoms with Crippen molar-refractivity contribution in [3.8, 4) is 22.8 Å². The summed E-state index contributed by atoms with van der Waals surface area (Å²) in [7, 11) is 0. The molecule has 0 saturated carbocycles. The second kappa shape index (κ2) is 11.7. The van der Waals surface area contributed by atoms with E-state index in [9.17, 15) is 0 Å². The average molecular weight is 513 g/mol. The number of fused-ring (bicyclic) bond motifs is 1. The lowest BCUT2D eigenvalue weighted by Crippen LogP contribution is -2.39. The zero-order valence-corrected chi connectivity index (χ0v) is 22.6. The topological polar surface area (TPSA) is 85.3 Å². The maximum atomic E-state index is 5.99. The molecule has 0 spiro atoms. The van der Waals surface area contributed by atoms with Crippen molar-refractivity contribution in [3.63, 3.8) is 0 Å². The molecule has 3 heterocycles. The molecule has 1 aliphatic rings. The molecule has 1 N–H and O–H groups in total. The minimum absolute atomic E-state index is 0.115. The van der Waals surface area contributed by atoms with Crippen LogP contribution < -0.4 is 14.8 Å². The van der Waals surface area contributed by atoms with Crippen molar-refractivity contribution in [1.29, 1.82) is 0 Å². The molecule has 0 amide bonds. The first-order chi connectivity index (χ1) is 18.4. The van der Waals surface area contributed by atoms with Crippen molar-refractivity contribution < 1.29 is 9.47 Å². The molecule has 8 heteroatoms. The predicted molar refractivity (Wildman–Crippen MR) is 150 cm³/mol. The quantitative estimate of drug-likeness (QED) is 0.304. The fraction of sp³-hybridized carbons (Fsp3) is 0.400. The van der Waals surface area contributed by atoms with Crippen LogP contribution in [0.1, 0.15) is 46.1 Å². The zero-order valence-electron chi connectivity index (χ0n) is 22.6. The van der Waals surface area contributed by atoms with E-state index in [0.717, 1.165) is 55.2 Å². The summed E-state index contributed by atoms with van der Waals surface area (Å²) in [5.74, 6) is 2.32. The Kier molecular flexibility index (Phi) is 7.98. The predicted octanol–water partition coefficient (Wildman–Crippen LogP) is 5.74. The van der Waals surface area contributed by atoms with E-state index in [1.807, 2.05) is 64.1 Å². The number of benzene rings is 2. The van der Waals surface area contributed by atoms with Gasteiger partial charge >= 0.3 is 0 Å². The first-order valence-corrected chi connectivity index (χ1v) is 13.4. The van der Waals surface area contributed by atoms with Crippen LogP contribution in [0.25, 0.3) is 22.4 Å². The van der Waals surface area contributed by atoms with Gasteiger partial charge in [-0.15, -0.1) is 0 Å². The number of ether oxygens (including phenoxy) is 2. The van der Waals surface area contributed by atoms with Gasteiger partial charge in [0.2, 0.25) is 5.95 Å². The van der Waals surface area contributed by atoms with Crippen LogP contribution in [0.4, 0.5) is 5.95 Å². The molecule has 0 radical (unpaired) electrons. The molecule has 1 fully saturated rings. The average Bonchev–Trinajstić information content (AvgIpc) is 2.89. The molecule has 8 nitrogen and oxygen atoms in total. The number of likely N-dealkylation sites (tertiary alicyclic amines) is 1. The highest BCUT2D eigenvalue weighted by atomic mass is 16.5. The summed E-state index contributed by atoms with van der Waals surface area (Å²) >= 11 is 0. The Morgan fingerprint density at radius 2 is 1.53 bits per heavy atom. The van der Waals surface area contributed by atoms with Crippen LogP contribution >= 0.6 is 0 Å². The van der Waals surface area contributed by atoms with Crippen LogP contribution in [0.2, 0.25) is 0 Å². The molecule has 1 aliphatic heterocycles. The van der Waals surface area contributed by atoms with Gasteiger partial charge in [-0.2, -0.15) is 4.98 Å². The SMILES string of the molecule is CC(C)Oc1cc(CN2CCC(Nc3nc(-c4ccccc4)c4nccnc4n3)CC2)cc(OC(C)C)c1. The molecule has 0 bridgehead atoms. The first kappa shape index (κ1) is 25.9. The summed E-state index contributed by atoms with van der Waals surface area (Å²) in [5, 5.41) is 3.57. The van der Waals surface area contributed by atoms with E-state index in [1.54, 1.807) is 12.4 Å². The molecule has 2 aromatic heterocycles. The fourth-order valence-electron chi connectivity index (χ4n) is 4.80. The molecule has 1 saturated heterocycles.